The summed E-state index contributed by atoms with van der Waals surface area (Å²) in [6, 6.07) is 46.8. The number of alkyl halides is 1. The number of nitrogens with zero attached hydrogens (tertiary/aromatic N) is 1. The van der Waals surface area contributed by atoms with Gasteiger partial charge in [-0.15, -0.1) is 0 Å². The van der Waals surface area contributed by atoms with Crippen LogP contribution in [0.4, 0.5) is 0 Å². The van der Waals surface area contributed by atoms with Crippen LogP contribution in [0.1, 0.15) is 36.0 Å². The van der Waals surface area contributed by atoms with Crippen LogP contribution in [0.3, 0.4) is 0 Å². The Kier molecular flexibility index (Phi) is 7.24. The third-order valence-corrected chi connectivity index (χ3v) is 10.2. The van der Waals surface area contributed by atoms with Crippen LogP contribution in [0.15, 0.2) is 158 Å². The predicted molar refractivity (Wildman–Crippen MR) is 196 cm³/mol. The van der Waals surface area contributed by atoms with Crippen LogP contribution in [0.5, 0.6) is 0 Å². The zero-order valence-corrected chi connectivity index (χ0v) is 26.9. The van der Waals surface area contributed by atoms with E-state index in [9.17, 15) is 0 Å². The lowest BCUT2D eigenvalue weighted by Gasteiger charge is -2.33. The zero-order valence-electron chi connectivity index (χ0n) is 25.3. The fourth-order valence-electron chi connectivity index (χ4n) is 7.37. The molecular formula is C43H34BrN. The average Bonchev–Trinajstić information content (AvgIpc) is 3.42. The number of fused-ring (bicyclic) bond motifs is 3. The molecule has 2 aliphatic rings. The molecule has 0 aliphatic heterocycles. The van der Waals surface area contributed by atoms with E-state index >= 15 is 0 Å². The van der Waals surface area contributed by atoms with E-state index in [4.69, 9.17) is 0 Å². The van der Waals surface area contributed by atoms with Crippen molar-refractivity contribution >= 4 is 54.6 Å². The highest BCUT2D eigenvalue weighted by atomic mass is 79.9. The smallest absolute Gasteiger partial charge is 0.0544 e. The largest absolute Gasteiger partial charge is 0.312 e. The summed E-state index contributed by atoms with van der Waals surface area (Å²) in [4.78, 5) is 0.383. The lowest BCUT2D eigenvalue weighted by Crippen LogP contribution is -2.20. The molecule has 0 N–H and O–H groups in total. The van der Waals surface area contributed by atoms with Gasteiger partial charge in [-0.05, 0) is 75.6 Å². The fraction of sp³-hybridized carbons (Fsp3) is 0.116. The average molecular weight is 645 g/mol. The number of rotatable bonds is 5. The first-order valence-corrected chi connectivity index (χ1v) is 16.8. The van der Waals surface area contributed by atoms with E-state index in [2.05, 4.69) is 185 Å². The quantitative estimate of drug-likeness (QED) is 0.165. The molecule has 0 amide bonds. The number of allylic oxidation sites excluding steroid dienone is 8. The van der Waals surface area contributed by atoms with E-state index in [0.717, 1.165) is 6.42 Å². The lowest BCUT2D eigenvalue weighted by molar-refractivity contribution is 0.649. The summed E-state index contributed by atoms with van der Waals surface area (Å²) < 4.78 is 2.54. The second-order valence-corrected chi connectivity index (χ2v) is 13.4. The molecule has 0 spiro atoms. The van der Waals surface area contributed by atoms with Crippen LogP contribution in [-0.2, 0) is 0 Å². The minimum Gasteiger partial charge on any atom is -0.312 e. The Morgan fingerprint density at radius 2 is 1.29 bits per heavy atom. The van der Waals surface area contributed by atoms with Crippen molar-refractivity contribution in [3.8, 4) is 11.1 Å². The molecular weight excluding hydrogens is 610 g/mol. The summed E-state index contributed by atoms with van der Waals surface area (Å²) in [5, 5.41) is 2.57. The first kappa shape index (κ1) is 27.9. The minimum atomic E-state index is 0.195. The number of para-hydroxylation sites is 1. The van der Waals surface area contributed by atoms with E-state index in [1.165, 1.54) is 66.5 Å². The Balaban J connectivity index is 1.33. The highest BCUT2D eigenvalue weighted by Crippen LogP contribution is 2.47. The van der Waals surface area contributed by atoms with Crippen molar-refractivity contribution in [1.29, 1.82) is 0 Å². The first-order valence-electron chi connectivity index (χ1n) is 15.8. The van der Waals surface area contributed by atoms with E-state index < -0.39 is 0 Å². The summed E-state index contributed by atoms with van der Waals surface area (Å²) >= 11 is 3.78. The molecule has 0 bridgehead atoms. The number of halogens is 1. The Morgan fingerprint density at radius 1 is 0.600 bits per heavy atom. The Bertz CT molecular complexity index is 2160. The third-order valence-electron chi connectivity index (χ3n) is 9.54. The van der Waals surface area contributed by atoms with Crippen LogP contribution in [-0.4, -0.2) is 9.39 Å². The number of hydrogen-bond donors (Lipinski definition) is 0. The van der Waals surface area contributed by atoms with Gasteiger partial charge < -0.3 is 4.57 Å². The van der Waals surface area contributed by atoms with E-state index in [-0.39, 0.29) is 5.92 Å². The number of benzene rings is 5. The summed E-state index contributed by atoms with van der Waals surface area (Å²) in [6.45, 7) is 2.39. The molecule has 1 heterocycles. The zero-order chi connectivity index (χ0) is 30.3. The van der Waals surface area contributed by atoms with Gasteiger partial charge in [-0.2, -0.15) is 0 Å². The van der Waals surface area contributed by atoms with Gasteiger partial charge in [0, 0.05) is 27.2 Å². The number of aromatic nitrogens is 1. The Morgan fingerprint density at radius 3 is 2.11 bits per heavy atom. The predicted octanol–water partition coefficient (Wildman–Crippen LogP) is 11.9. The van der Waals surface area contributed by atoms with Gasteiger partial charge >= 0.3 is 0 Å². The molecule has 0 fully saturated rings. The van der Waals surface area contributed by atoms with E-state index in [0.29, 0.717) is 10.7 Å². The maximum Gasteiger partial charge on any atom is 0.0544 e. The van der Waals surface area contributed by atoms with E-state index in [1.807, 2.05) is 0 Å². The molecule has 0 radical (unpaired) electrons. The van der Waals surface area contributed by atoms with Crippen LogP contribution in [0.2, 0.25) is 0 Å². The Labute approximate surface area is 273 Å². The van der Waals surface area contributed by atoms with Gasteiger partial charge in [0.1, 0.15) is 0 Å². The maximum atomic E-state index is 3.78. The standard InChI is InChI=1S/C43H34BrN/c1-29-37(30-12-4-2-5-13-30)24-25-41(43(29)31-14-6-3-7-15-31)45-40-21-9-8-20-38(40)39-23-22-35(28-42(39)45)33-17-10-16-32(26-33)34-18-11-19-36(44)27-34/h2-26,28-29,36,43H,27H2,1H3. The van der Waals surface area contributed by atoms with Gasteiger partial charge in [0.2, 0.25) is 0 Å². The van der Waals surface area contributed by atoms with Crippen molar-refractivity contribution in [2.75, 3.05) is 0 Å². The van der Waals surface area contributed by atoms with Gasteiger partial charge in [-0.1, -0.05) is 156 Å². The highest BCUT2D eigenvalue weighted by Gasteiger charge is 2.32. The molecule has 2 heteroatoms. The summed E-state index contributed by atoms with van der Waals surface area (Å²) in [7, 11) is 0. The molecule has 5 aromatic carbocycles. The van der Waals surface area contributed by atoms with Crippen molar-refractivity contribution in [2.45, 2.75) is 24.1 Å². The molecule has 1 nitrogen and oxygen atoms in total. The molecule has 0 saturated carbocycles. The summed E-state index contributed by atoms with van der Waals surface area (Å²) in [5.74, 6) is 0.489. The first-order chi connectivity index (χ1) is 22.2. The molecule has 45 heavy (non-hydrogen) atoms. The molecule has 3 atom stereocenters. The van der Waals surface area contributed by atoms with Gasteiger partial charge in [-0.3, -0.25) is 0 Å². The molecule has 8 rings (SSSR count). The van der Waals surface area contributed by atoms with Crippen LogP contribution in [0, 0.1) is 5.92 Å². The van der Waals surface area contributed by atoms with Crippen LogP contribution < -0.4 is 0 Å². The third kappa shape index (κ3) is 5.04. The van der Waals surface area contributed by atoms with Crippen molar-refractivity contribution in [3.63, 3.8) is 0 Å². The van der Waals surface area contributed by atoms with Gasteiger partial charge in [-0.25, -0.2) is 0 Å². The van der Waals surface area contributed by atoms with Gasteiger partial charge in [0.15, 0.2) is 0 Å². The van der Waals surface area contributed by atoms with Crippen molar-refractivity contribution in [2.24, 2.45) is 5.92 Å². The lowest BCUT2D eigenvalue weighted by atomic mass is 9.75. The summed E-state index contributed by atoms with van der Waals surface area (Å²) in [5.41, 5.74) is 12.9. The number of hydrogen-bond acceptors (Lipinski definition) is 0. The monoisotopic (exact) mass is 643 g/mol. The SMILES string of the molecule is CC1C(c2ccccc2)=CC=C(n2c3ccccc3c3ccc(-c4cccc(C5=CC=CC(Br)C5)c4)cc32)C1c1ccccc1. The van der Waals surface area contributed by atoms with Crippen molar-refractivity contribution in [3.05, 3.63) is 174 Å². The second-order valence-electron chi connectivity index (χ2n) is 12.2. The summed E-state index contributed by atoms with van der Waals surface area (Å²) in [6.07, 6.45) is 12.3. The van der Waals surface area contributed by atoms with E-state index in [1.54, 1.807) is 0 Å². The normalized spacial score (nSPS) is 19.8. The minimum absolute atomic E-state index is 0.195. The topological polar surface area (TPSA) is 4.93 Å². The van der Waals surface area contributed by atoms with Crippen molar-refractivity contribution in [1.82, 2.24) is 4.57 Å². The van der Waals surface area contributed by atoms with Crippen LogP contribution >= 0.6 is 15.9 Å². The molecule has 0 saturated heterocycles. The Hall–Kier alpha value is -4.66. The van der Waals surface area contributed by atoms with Gasteiger partial charge in [0.05, 0.1) is 11.0 Å². The fourth-order valence-corrected chi connectivity index (χ4v) is 7.89. The molecule has 2 aliphatic carbocycles. The van der Waals surface area contributed by atoms with Gasteiger partial charge in [0.25, 0.3) is 0 Å². The second kappa shape index (κ2) is 11.7. The maximum absolute atomic E-state index is 3.78. The highest BCUT2D eigenvalue weighted by molar-refractivity contribution is 9.09. The van der Waals surface area contributed by atoms with Crippen LogP contribution in [0.25, 0.3) is 49.8 Å². The molecule has 3 unspecified atom stereocenters. The molecule has 1 aromatic heterocycles. The van der Waals surface area contributed by atoms with Crippen molar-refractivity contribution < 1.29 is 0 Å². The molecule has 6 aromatic rings. The molecule has 218 valence electrons.